The van der Waals surface area contributed by atoms with Crippen molar-refractivity contribution >= 4 is 16.6 Å². The Morgan fingerprint density at radius 1 is 0.974 bits per heavy atom. The Morgan fingerprint density at radius 3 is 2.39 bits per heavy atom. The molecule has 2 aromatic heterocycles. The van der Waals surface area contributed by atoms with Crippen molar-refractivity contribution < 1.29 is 13.2 Å². The molecule has 4 aromatic rings. The second kappa shape index (κ2) is 9.54. The summed E-state index contributed by atoms with van der Waals surface area (Å²) in [5, 5.41) is 13.4. The third kappa shape index (κ3) is 5.02. The zero-order valence-electron chi connectivity index (χ0n) is 21.8. The van der Waals surface area contributed by atoms with E-state index < -0.39 is 23.3 Å². The van der Waals surface area contributed by atoms with Crippen LogP contribution in [0, 0.1) is 6.92 Å². The molecule has 1 fully saturated rings. The molecule has 0 saturated carbocycles. The van der Waals surface area contributed by atoms with Gasteiger partial charge in [0.05, 0.1) is 11.1 Å². The van der Waals surface area contributed by atoms with Crippen molar-refractivity contribution in [2.24, 2.45) is 0 Å². The number of fused-ring (bicyclic) bond motifs is 1. The number of aryl methyl sites for hydroxylation is 1. The lowest BCUT2D eigenvalue weighted by molar-refractivity contribution is -0.137. The van der Waals surface area contributed by atoms with E-state index in [9.17, 15) is 18.0 Å². The van der Waals surface area contributed by atoms with Gasteiger partial charge in [0.1, 0.15) is 6.04 Å². The number of alkyl halides is 3. The third-order valence-electron chi connectivity index (χ3n) is 6.92. The van der Waals surface area contributed by atoms with Crippen LogP contribution in [0.2, 0.25) is 0 Å². The Kier molecular flexibility index (Phi) is 6.50. The molecule has 0 unspecified atom stereocenters. The molecule has 2 aromatic carbocycles. The smallest absolute Gasteiger partial charge is 0.369 e. The molecule has 0 spiro atoms. The Morgan fingerprint density at radius 2 is 1.71 bits per heavy atom. The molecule has 0 amide bonds. The van der Waals surface area contributed by atoms with Crippen molar-refractivity contribution in [3.8, 4) is 0 Å². The predicted octanol–water partition coefficient (Wildman–Crippen LogP) is 4.51. The maximum atomic E-state index is 13.4. The Bertz CT molecular complexity index is 1510. The number of benzene rings is 2. The first-order valence-corrected chi connectivity index (χ1v) is 12.5. The van der Waals surface area contributed by atoms with Crippen molar-refractivity contribution in [1.82, 2.24) is 30.1 Å². The van der Waals surface area contributed by atoms with Crippen LogP contribution in [0.1, 0.15) is 49.3 Å². The van der Waals surface area contributed by atoms with Crippen molar-refractivity contribution in [3.63, 3.8) is 0 Å². The zero-order valence-corrected chi connectivity index (χ0v) is 21.8. The van der Waals surface area contributed by atoms with E-state index in [1.807, 2.05) is 56.9 Å². The van der Waals surface area contributed by atoms with Gasteiger partial charge in [-0.1, -0.05) is 18.2 Å². The third-order valence-corrected chi connectivity index (χ3v) is 6.92. The molecule has 1 saturated heterocycles. The fourth-order valence-corrected chi connectivity index (χ4v) is 4.99. The molecule has 11 heteroatoms. The largest absolute Gasteiger partial charge is 0.416 e. The highest BCUT2D eigenvalue weighted by Crippen LogP contribution is 2.34. The van der Waals surface area contributed by atoms with Crippen LogP contribution in [0.15, 0.2) is 53.3 Å². The molecular weight excluding hydrogens is 495 g/mol. The molecule has 1 N–H and O–H groups in total. The lowest BCUT2D eigenvalue weighted by atomic mass is 10.0. The van der Waals surface area contributed by atoms with E-state index in [4.69, 9.17) is 0 Å². The fraction of sp³-hybridized carbons (Fsp3) is 0.407. The summed E-state index contributed by atoms with van der Waals surface area (Å²) < 4.78 is 41.5. The quantitative estimate of drug-likeness (QED) is 0.422. The van der Waals surface area contributed by atoms with Gasteiger partial charge in [-0.2, -0.15) is 13.2 Å². The van der Waals surface area contributed by atoms with E-state index in [1.165, 1.54) is 12.1 Å². The number of aromatic nitrogens is 5. The predicted molar refractivity (Wildman–Crippen MR) is 139 cm³/mol. The van der Waals surface area contributed by atoms with Crippen LogP contribution in [0.5, 0.6) is 0 Å². The molecule has 0 radical (unpaired) electrons. The molecule has 1 aliphatic heterocycles. The molecule has 3 heterocycles. The monoisotopic (exact) mass is 525 g/mol. The second-order valence-corrected chi connectivity index (χ2v) is 10.7. The number of aromatic amines is 1. The van der Waals surface area contributed by atoms with E-state index in [-0.39, 0.29) is 5.56 Å². The first-order chi connectivity index (χ1) is 17.9. The minimum Gasteiger partial charge on any atom is -0.369 e. The van der Waals surface area contributed by atoms with Crippen LogP contribution >= 0.6 is 0 Å². The lowest BCUT2D eigenvalue weighted by Gasteiger charge is -2.40. The summed E-state index contributed by atoms with van der Waals surface area (Å²) in [5.41, 5.74) is 1.51. The number of nitrogens with one attached hydrogen (secondary N) is 1. The number of pyridine rings is 1. The van der Waals surface area contributed by atoms with E-state index in [0.717, 1.165) is 22.5 Å². The molecule has 5 rings (SSSR count). The number of anilines is 1. The van der Waals surface area contributed by atoms with E-state index in [0.29, 0.717) is 43.3 Å². The number of hydrogen-bond acceptors (Lipinski definition) is 6. The van der Waals surface area contributed by atoms with Gasteiger partial charge in [0, 0.05) is 42.9 Å². The highest BCUT2D eigenvalue weighted by Gasteiger charge is 2.36. The van der Waals surface area contributed by atoms with Gasteiger partial charge in [-0.15, -0.1) is 5.10 Å². The fourth-order valence-electron chi connectivity index (χ4n) is 4.99. The van der Waals surface area contributed by atoms with Gasteiger partial charge in [0.25, 0.3) is 5.56 Å². The molecular formula is C27H30F3N7O. The highest BCUT2D eigenvalue weighted by molar-refractivity contribution is 5.79. The van der Waals surface area contributed by atoms with E-state index >= 15 is 0 Å². The van der Waals surface area contributed by atoms with Crippen molar-refractivity contribution in [1.29, 1.82) is 0 Å². The van der Waals surface area contributed by atoms with Crippen LogP contribution in [0.3, 0.4) is 0 Å². The molecule has 38 heavy (non-hydrogen) atoms. The standard InChI is InChI=1S/C27H30F3N7O/c1-17-8-9-18-15-21(25(38)31-22(18)14-17)23(24-32-33-34-37(24)26(2,3)4)36-12-10-35(11-13-36)20-7-5-6-19(16-20)27(28,29)30/h5-9,14-16,23H,10-13H2,1-4H3,(H,31,38)/t23-/m0/s1. The van der Waals surface area contributed by atoms with Gasteiger partial charge in [-0.05, 0) is 79.4 Å². The van der Waals surface area contributed by atoms with Crippen LogP contribution in [0.25, 0.3) is 10.9 Å². The first-order valence-electron chi connectivity index (χ1n) is 12.5. The summed E-state index contributed by atoms with van der Waals surface area (Å²) in [5.74, 6) is 0.544. The zero-order chi connectivity index (χ0) is 27.2. The highest BCUT2D eigenvalue weighted by atomic mass is 19.4. The average Bonchev–Trinajstić information content (AvgIpc) is 3.35. The van der Waals surface area contributed by atoms with Crippen LogP contribution in [0.4, 0.5) is 18.9 Å². The minimum atomic E-state index is -4.40. The van der Waals surface area contributed by atoms with Gasteiger partial charge in [0.2, 0.25) is 0 Å². The van der Waals surface area contributed by atoms with Gasteiger partial charge in [-0.25, -0.2) is 4.68 Å². The molecule has 0 aliphatic carbocycles. The van der Waals surface area contributed by atoms with Gasteiger partial charge in [-0.3, -0.25) is 9.69 Å². The van der Waals surface area contributed by atoms with Gasteiger partial charge >= 0.3 is 6.18 Å². The molecule has 0 bridgehead atoms. The summed E-state index contributed by atoms with van der Waals surface area (Å²) in [4.78, 5) is 20.5. The number of hydrogen-bond donors (Lipinski definition) is 1. The maximum Gasteiger partial charge on any atom is 0.416 e. The minimum absolute atomic E-state index is 0.225. The van der Waals surface area contributed by atoms with Crippen LogP contribution < -0.4 is 10.5 Å². The molecule has 8 nitrogen and oxygen atoms in total. The SMILES string of the molecule is Cc1ccc2cc([C@@H](c3nnnn3C(C)(C)C)N3CCN(c4cccc(C(F)(F)F)c4)CC3)c(=O)[nH]c2c1. The van der Waals surface area contributed by atoms with Gasteiger partial charge in [0.15, 0.2) is 5.82 Å². The van der Waals surface area contributed by atoms with Crippen molar-refractivity contribution in [2.75, 3.05) is 31.1 Å². The summed E-state index contributed by atoms with van der Waals surface area (Å²) in [6.45, 7) is 9.91. The number of nitrogens with zero attached hydrogens (tertiary/aromatic N) is 6. The first kappa shape index (κ1) is 25.9. The van der Waals surface area contributed by atoms with Crippen molar-refractivity contribution in [2.45, 2.75) is 45.5 Å². The summed E-state index contributed by atoms with van der Waals surface area (Å²) in [6, 6.07) is 12.6. The normalized spacial score (nSPS) is 16.2. The number of H-pyrrole nitrogens is 1. The maximum absolute atomic E-state index is 13.4. The summed E-state index contributed by atoms with van der Waals surface area (Å²) in [6.07, 6.45) is -4.40. The molecule has 1 atom stereocenters. The Balaban J connectivity index is 1.52. The number of rotatable bonds is 4. The molecule has 200 valence electrons. The van der Waals surface area contributed by atoms with Crippen LogP contribution in [-0.4, -0.2) is 56.3 Å². The average molecular weight is 526 g/mol. The summed E-state index contributed by atoms with van der Waals surface area (Å²) in [7, 11) is 0. The molecule has 1 aliphatic rings. The second-order valence-electron chi connectivity index (χ2n) is 10.7. The Hall–Kier alpha value is -3.73. The number of piperazine rings is 1. The van der Waals surface area contributed by atoms with Crippen molar-refractivity contribution in [3.05, 3.63) is 81.4 Å². The van der Waals surface area contributed by atoms with E-state index in [1.54, 1.807) is 10.7 Å². The topological polar surface area (TPSA) is 82.9 Å². The van der Waals surface area contributed by atoms with Crippen LogP contribution in [-0.2, 0) is 11.7 Å². The number of tetrazole rings is 1. The summed E-state index contributed by atoms with van der Waals surface area (Å²) >= 11 is 0. The Labute approximate surface area is 218 Å². The van der Waals surface area contributed by atoms with E-state index in [2.05, 4.69) is 25.4 Å². The lowest BCUT2D eigenvalue weighted by Crippen LogP contribution is -2.49. The number of halogens is 3. The van der Waals surface area contributed by atoms with Gasteiger partial charge < -0.3 is 9.88 Å².